The zero-order valence-corrected chi connectivity index (χ0v) is 19.2. The standard InChI is InChI=1S/C9H11ClNS.C8H12NS.Y/c1-2-12-7-4-3-5-8(10)9(11)6-7;1-5-8(9-3)6-7(2)10-4;/h3-4,6,11H,2,5H2,1H3;5-6H,1-2H2,3-4H3;/q2*-1;/b;8-6+;. The van der Waals surface area contributed by atoms with Crippen LogP contribution in [0.2, 0.25) is 0 Å². The first-order valence-corrected chi connectivity index (χ1v) is 9.35. The SMILES string of the molecule is C=C/C(=C\C(=C)SC)[N-]C.CCSC1=CC([NH-])=C(Cl)CC=C1.[Y]. The van der Waals surface area contributed by atoms with E-state index in [1.165, 1.54) is 0 Å². The van der Waals surface area contributed by atoms with Gasteiger partial charge in [0.25, 0.3) is 0 Å². The van der Waals surface area contributed by atoms with E-state index in [9.17, 15) is 0 Å². The molecule has 0 amide bonds. The third-order valence-corrected chi connectivity index (χ3v) is 4.38. The van der Waals surface area contributed by atoms with Gasteiger partial charge in [0.05, 0.1) is 0 Å². The Bertz CT molecular complexity index is 509. The number of halogens is 1. The number of allylic oxidation sites excluding steroid dienone is 6. The maximum Gasteiger partial charge on any atom is 0.00680 e. The first kappa shape index (κ1) is 25.4. The van der Waals surface area contributed by atoms with E-state index in [0.717, 1.165) is 21.3 Å². The number of hydrogen-bond donors (Lipinski definition) is 0. The molecule has 0 aromatic heterocycles. The number of thioether (sulfide) groups is 2. The van der Waals surface area contributed by atoms with E-state index in [4.69, 9.17) is 17.3 Å². The van der Waals surface area contributed by atoms with Crippen molar-refractivity contribution in [3.63, 3.8) is 0 Å². The van der Waals surface area contributed by atoms with Crippen molar-refractivity contribution >= 4 is 35.1 Å². The van der Waals surface area contributed by atoms with Crippen LogP contribution in [0.5, 0.6) is 0 Å². The van der Waals surface area contributed by atoms with Crippen molar-refractivity contribution in [3.8, 4) is 0 Å². The van der Waals surface area contributed by atoms with Gasteiger partial charge in [-0.3, -0.25) is 0 Å². The normalized spacial score (nSPS) is 13.9. The van der Waals surface area contributed by atoms with Gasteiger partial charge in [0.2, 0.25) is 0 Å². The Balaban J connectivity index is 0. The number of hydrogen-bond acceptors (Lipinski definition) is 2. The second kappa shape index (κ2) is 15.6. The molecular formula is C17H23ClN2S2Y-2. The fourth-order valence-corrected chi connectivity index (χ4v) is 2.46. The summed E-state index contributed by atoms with van der Waals surface area (Å²) < 4.78 is 0. The van der Waals surface area contributed by atoms with E-state index in [0.29, 0.717) is 17.2 Å². The van der Waals surface area contributed by atoms with Gasteiger partial charge in [-0.1, -0.05) is 55.5 Å². The quantitative estimate of drug-likeness (QED) is 0.414. The van der Waals surface area contributed by atoms with Crippen LogP contribution in [0.1, 0.15) is 13.3 Å². The minimum atomic E-state index is 0. The Morgan fingerprint density at radius 1 is 1.52 bits per heavy atom. The maximum atomic E-state index is 7.54. The zero-order valence-electron chi connectivity index (χ0n) is 13.9. The molecule has 0 heterocycles. The first-order valence-electron chi connectivity index (χ1n) is 6.76. The fourth-order valence-electron chi connectivity index (χ4n) is 1.35. The average Bonchev–Trinajstić information content (AvgIpc) is 2.67. The van der Waals surface area contributed by atoms with Crippen molar-refractivity contribution in [1.29, 1.82) is 0 Å². The van der Waals surface area contributed by atoms with Crippen LogP contribution in [0.3, 0.4) is 0 Å². The van der Waals surface area contributed by atoms with Crippen LogP contribution >= 0.6 is 35.1 Å². The van der Waals surface area contributed by atoms with E-state index >= 15 is 0 Å². The molecule has 0 atom stereocenters. The number of rotatable bonds is 6. The molecule has 23 heavy (non-hydrogen) atoms. The minimum Gasteiger partial charge on any atom is -0.698 e. The molecule has 0 aromatic rings. The number of nitrogens with one attached hydrogen (secondary N) is 1. The van der Waals surface area contributed by atoms with Crippen LogP contribution in [0, 0.1) is 0 Å². The number of nitrogens with zero attached hydrogens (tertiary/aromatic N) is 1. The van der Waals surface area contributed by atoms with Gasteiger partial charge in [0, 0.05) is 49.1 Å². The first-order chi connectivity index (χ1) is 10.5. The largest absolute Gasteiger partial charge is 0.698 e. The molecule has 0 saturated carbocycles. The van der Waals surface area contributed by atoms with Gasteiger partial charge in [-0.2, -0.15) is 0 Å². The van der Waals surface area contributed by atoms with Crippen molar-refractivity contribution in [2.45, 2.75) is 13.3 Å². The van der Waals surface area contributed by atoms with Crippen molar-refractivity contribution < 1.29 is 32.7 Å². The van der Waals surface area contributed by atoms with Gasteiger partial charge >= 0.3 is 0 Å². The summed E-state index contributed by atoms with van der Waals surface area (Å²) in [4.78, 5) is 2.12. The third-order valence-electron chi connectivity index (χ3n) is 2.51. The van der Waals surface area contributed by atoms with Gasteiger partial charge in [0.15, 0.2) is 0 Å². The summed E-state index contributed by atoms with van der Waals surface area (Å²) in [6, 6.07) is 0. The second-order valence-electron chi connectivity index (χ2n) is 4.07. The van der Waals surface area contributed by atoms with Crippen LogP contribution < -0.4 is 0 Å². The van der Waals surface area contributed by atoms with E-state index in [1.807, 2.05) is 30.6 Å². The molecule has 1 aliphatic carbocycles. The molecule has 0 aromatic carbocycles. The van der Waals surface area contributed by atoms with E-state index in [1.54, 1.807) is 36.6 Å². The van der Waals surface area contributed by atoms with Crippen molar-refractivity contribution in [2.24, 2.45) is 0 Å². The summed E-state index contributed by atoms with van der Waals surface area (Å²) in [7, 11) is 1.74. The monoisotopic (exact) mass is 443 g/mol. The van der Waals surface area contributed by atoms with Crippen LogP contribution in [0.15, 0.2) is 69.8 Å². The molecule has 6 heteroatoms. The second-order valence-corrected chi connectivity index (χ2v) is 6.80. The molecule has 0 aliphatic heterocycles. The average molecular weight is 444 g/mol. The van der Waals surface area contributed by atoms with Crippen molar-refractivity contribution in [2.75, 3.05) is 19.1 Å². The Morgan fingerprint density at radius 2 is 2.17 bits per heavy atom. The predicted molar refractivity (Wildman–Crippen MR) is 107 cm³/mol. The molecule has 1 radical (unpaired) electrons. The molecule has 2 nitrogen and oxygen atoms in total. The van der Waals surface area contributed by atoms with Crippen LogP contribution in [-0.2, 0) is 32.7 Å². The van der Waals surface area contributed by atoms with Crippen LogP contribution in [-0.4, -0.2) is 19.1 Å². The Labute approximate surface area is 179 Å². The summed E-state index contributed by atoms with van der Waals surface area (Å²) in [5.41, 5.74) is 8.86. The summed E-state index contributed by atoms with van der Waals surface area (Å²) in [5.74, 6) is 1.03. The Morgan fingerprint density at radius 3 is 2.65 bits per heavy atom. The maximum absolute atomic E-state index is 7.54. The summed E-state index contributed by atoms with van der Waals surface area (Å²) in [6.45, 7) is 9.49. The fraction of sp³-hybridized carbons (Fsp3) is 0.294. The van der Waals surface area contributed by atoms with Crippen LogP contribution in [0.4, 0.5) is 0 Å². The minimum absolute atomic E-state index is 0. The van der Waals surface area contributed by atoms with Crippen molar-refractivity contribution in [3.05, 3.63) is 80.8 Å². The summed E-state index contributed by atoms with van der Waals surface area (Å²) in [5, 5.41) is 4.59. The molecule has 1 aliphatic rings. The zero-order chi connectivity index (χ0) is 17.0. The third kappa shape index (κ3) is 12.2. The van der Waals surface area contributed by atoms with E-state index in [-0.39, 0.29) is 32.7 Å². The molecule has 0 fully saturated rings. The van der Waals surface area contributed by atoms with Gasteiger partial charge in [0.1, 0.15) is 0 Å². The van der Waals surface area contributed by atoms with Gasteiger partial charge in [-0.15, -0.1) is 48.5 Å². The topological polar surface area (TPSA) is 37.9 Å². The molecule has 0 spiro atoms. The molecule has 1 rings (SSSR count). The molecular weight excluding hydrogens is 421 g/mol. The molecule has 0 unspecified atom stereocenters. The van der Waals surface area contributed by atoms with Crippen molar-refractivity contribution in [1.82, 2.24) is 0 Å². The smallest absolute Gasteiger partial charge is 0.00680 e. The Kier molecular flexibility index (Phi) is 17.3. The number of likely N-dealkylation sites (N-methyl/N-ethyl adjacent to an activating group) is 1. The van der Waals surface area contributed by atoms with E-state index < -0.39 is 0 Å². The molecule has 0 bridgehead atoms. The van der Waals surface area contributed by atoms with Gasteiger partial charge in [-0.25, -0.2) is 0 Å². The Hall–Kier alpha value is 0.134. The van der Waals surface area contributed by atoms with Crippen LogP contribution in [0.25, 0.3) is 11.1 Å². The molecule has 125 valence electrons. The van der Waals surface area contributed by atoms with E-state index in [2.05, 4.69) is 25.4 Å². The molecule has 1 N–H and O–H groups in total. The summed E-state index contributed by atoms with van der Waals surface area (Å²) >= 11 is 9.16. The van der Waals surface area contributed by atoms with Gasteiger partial charge in [-0.05, 0) is 16.9 Å². The summed E-state index contributed by atoms with van der Waals surface area (Å²) in [6.07, 6.45) is 12.1. The predicted octanol–water partition coefficient (Wildman–Crippen LogP) is 7.02. The molecule has 0 saturated heterocycles. The van der Waals surface area contributed by atoms with Gasteiger partial charge < -0.3 is 11.1 Å².